The number of benzene rings is 1. The number of morpholine rings is 1. The van der Waals surface area contributed by atoms with Crippen LogP contribution in [0.25, 0.3) is 0 Å². The van der Waals surface area contributed by atoms with E-state index in [0.29, 0.717) is 6.61 Å². The molecule has 6 nitrogen and oxygen atoms in total. The zero-order valence-electron chi connectivity index (χ0n) is 17.5. The highest BCUT2D eigenvalue weighted by atomic mass is 16.5. The van der Waals surface area contributed by atoms with Crippen LogP contribution in [0.1, 0.15) is 43.2 Å². The first-order valence-electron chi connectivity index (χ1n) is 10.6. The van der Waals surface area contributed by atoms with Gasteiger partial charge in [0.1, 0.15) is 0 Å². The summed E-state index contributed by atoms with van der Waals surface area (Å²) in [6, 6.07) is 8.52. The van der Waals surface area contributed by atoms with Crippen LogP contribution in [-0.4, -0.2) is 63.4 Å². The summed E-state index contributed by atoms with van der Waals surface area (Å²) in [7, 11) is 3.57. The van der Waals surface area contributed by atoms with E-state index >= 15 is 0 Å². The molecule has 0 aromatic heterocycles. The molecular formula is C22H36N4O2. The van der Waals surface area contributed by atoms with Gasteiger partial charge in [-0.3, -0.25) is 9.89 Å². The van der Waals surface area contributed by atoms with E-state index in [9.17, 15) is 0 Å². The van der Waals surface area contributed by atoms with Crippen LogP contribution < -0.4 is 10.6 Å². The second-order valence-electron chi connectivity index (χ2n) is 7.91. The van der Waals surface area contributed by atoms with Crippen molar-refractivity contribution in [2.45, 2.75) is 50.8 Å². The summed E-state index contributed by atoms with van der Waals surface area (Å²) in [6.45, 7) is 6.15. The number of methoxy groups -OCH3 is 1. The van der Waals surface area contributed by atoms with E-state index in [1.54, 1.807) is 7.11 Å². The predicted molar refractivity (Wildman–Crippen MR) is 114 cm³/mol. The minimum Gasteiger partial charge on any atom is -0.380 e. The van der Waals surface area contributed by atoms with Crippen molar-refractivity contribution < 1.29 is 9.47 Å². The lowest BCUT2D eigenvalue weighted by Crippen LogP contribution is -2.60. The number of hydrogen-bond donors (Lipinski definition) is 2. The molecule has 0 atom stereocenters. The molecule has 3 rings (SSSR count). The molecule has 0 bridgehead atoms. The monoisotopic (exact) mass is 388 g/mol. The summed E-state index contributed by atoms with van der Waals surface area (Å²) in [5.41, 5.74) is 2.67. The van der Waals surface area contributed by atoms with Gasteiger partial charge in [0.2, 0.25) is 0 Å². The minimum absolute atomic E-state index is 0.238. The minimum atomic E-state index is 0.238. The quantitative estimate of drug-likeness (QED) is 0.555. The average molecular weight is 389 g/mol. The van der Waals surface area contributed by atoms with E-state index in [4.69, 9.17) is 9.47 Å². The van der Waals surface area contributed by atoms with Crippen LogP contribution in [0.15, 0.2) is 29.3 Å². The third-order valence-corrected chi connectivity index (χ3v) is 6.07. The Morgan fingerprint density at radius 2 is 1.75 bits per heavy atom. The molecule has 1 saturated heterocycles. The topological polar surface area (TPSA) is 58.1 Å². The van der Waals surface area contributed by atoms with Gasteiger partial charge in [0, 0.05) is 45.9 Å². The average Bonchev–Trinajstić information content (AvgIpc) is 2.76. The van der Waals surface area contributed by atoms with Gasteiger partial charge in [0.15, 0.2) is 5.96 Å². The van der Waals surface area contributed by atoms with Gasteiger partial charge >= 0.3 is 0 Å². The SMILES string of the molecule is CN=C(NCc1ccc(COC)cc1)NCC1(N2CCOCC2)CCCCC1. The van der Waals surface area contributed by atoms with Crippen LogP contribution in [0.2, 0.25) is 0 Å². The Bertz CT molecular complexity index is 605. The molecule has 6 heteroatoms. The second kappa shape index (κ2) is 10.8. The van der Waals surface area contributed by atoms with Crippen LogP contribution in [0.4, 0.5) is 0 Å². The van der Waals surface area contributed by atoms with Crippen molar-refractivity contribution in [3.05, 3.63) is 35.4 Å². The standard InChI is InChI=1S/C22H36N4O2/c1-23-21(24-16-19-6-8-20(9-7-19)17-27-2)25-18-22(10-4-3-5-11-22)26-12-14-28-15-13-26/h6-9H,3-5,10-18H2,1-2H3,(H2,23,24,25). The first kappa shape index (κ1) is 21.1. The number of rotatable bonds is 7. The summed E-state index contributed by atoms with van der Waals surface area (Å²) in [5, 5.41) is 7.08. The Morgan fingerprint density at radius 3 is 2.39 bits per heavy atom. The second-order valence-corrected chi connectivity index (χ2v) is 7.91. The number of hydrogen-bond acceptors (Lipinski definition) is 4. The van der Waals surface area contributed by atoms with Crippen molar-refractivity contribution in [1.29, 1.82) is 0 Å². The lowest BCUT2D eigenvalue weighted by atomic mass is 9.80. The molecule has 0 unspecified atom stereocenters. The van der Waals surface area contributed by atoms with Crippen LogP contribution in [-0.2, 0) is 22.6 Å². The Kier molecular flexibility index (Phi) is 8.13. The van der Waals surface area contributed by atoms with Crippen LogP contribution in [0.5, 0.6) is 0 Å². The maximum Gasteiger partial charge on any atom is 0.191 e. The Labute approximate surface area is 169 Å². The fraction of sp³-hybridized carbons (Fsp3) is 0.682. The zero-order valence-corrected chi connectivity index (χ0v) is 17.5. The number of guanidine groups is 1. The molecule has 0 radical (unpaired) electrons. The molecule has 28 heavy (non-hydrogen) atoms. The van der Waals surface area contributed by atoms with E-state index in [-0.39, 0.29) is 5.54 Å². The molecule has 1 aromatic rings. The zero-order chi connectivity index (χ0) is 19.7. The predicted octanol–water partition coefficient (Wildman–Crippen LogP) is 2.53. The summed E-state index contributed by atoms with van der Waals surface area (Å²) in [4.78, 5) is 7.10. The molecule has 2 N–H and O–H groups in total. The fourth-order valence-corrected chi connectivity index (χ4v) is 4.43. The third-order valence-electron chi connectivity index (χ3n) is 6.07. The van der Waals surface area contributed by atoms with Gasteiger partial charge in [-0.05, 0) is 24.0 Å². The lowest BCUT2D eigenvalue weighted by Gasteiger charge is -2.48. The number of nitrogens with one attached hydrogen (secondary N) is 2. The molecule has 2 fully saturated rings. The Morgan fingerprint density at radius 1 is 1.07 bits per heavy atom. The summed E-state index contributed by atoms with van der Waals surface area (Å²) in [5.74, 6) is 0.874. The summed E-state index contributed by atoms with van der Waals surface area (Å²) in [6.07, 6.45) is 6.52. The highest BCUT2D eigenvalue weighted by molar-refractivity contribution is 5.79. The molecule has 2 aliphatic rings. The van der Waals surface area contributed by atoms with E-state index in [0.717, 1.165) is 45.4 Å². The number of nitrogens with zero attached hydrogens (tertiary/aromatic N) is 2. The van der Waals surface area contributed by atoms with Gasteiger partial charge < -0.3 is 20.1 Å². The first-order chi connectivity index (χ1) is 13.8. The fourth-order valence-electron chi connectivity index (χ4n) is 4.43. The number of aliphatic imine (C=N–C) groups is 1. The van der Waals surface area contributed by atoms with Gasteiger partial charge in [-0.2, -0.15) is 0 Å². The molecule has 1 aliphatic carbocycles. The van der Waals surface area contributed by atoms with Crippen molar-refractivity contribution in [1.82, 2.24) is 15.5 Å². The van der Waals surface area contributed by atoms with Gasteiger partial charge in [0.05, 0.1) is 19.8 Å². The highest BCUT2D eigenvalue weighted by Gasteiger charge is 2.38. The van der Waals surface area contributed by atoms with Gasteiger partial charge in [0.25, 0.3) is 0 Å². The molecule has 0 amide bonds. The smallest absolute Gasteiger partial charge is 0.191 e. The van der Waals surface area contributed by atoms with Crippen molar-refractivity contribution in [2.75, 3.05) is 47.0 Å². The van der Waals surface area contributed by atoms with E-state index in [1.807, 2.05) is 7.05 Å². The maximum atomic E-state index is 5.59. The molecule has 1 heterocycles. The van der Waals surface area contributed by atoms with E-state index < -0.39 is 0 Å². The molecule has 156 valence electrons. The Hall–Kier alpha value is -1.63. The molecule has 0 spiro atoms. The van der Waals surface area contributed by atoms with Crippen LogP contribution in [0.3, 0.4) is 0 Å². The maximum absolute atomic E-state index is 5.59. The van der Waals surface area contributed by atoms with E-state index in [2.05, 4.69) is 44.8 Å². The van der Waals surface area contributed by atoms with Gasteiger partial charge in [-0.1, -0.05) is 43.5 Å². The van der Waals surface area contributed by atoms with Crippen molar-refractivity contribution in [3.63, 3.8) is 0 Å². The summed E-state index contributed by atoms with van der Waals surface area (Å²) < 4.78 is 10.8. The lowest BCUT2D eigenvalue weighted by molar-refractivity contribution is -0.0352. The molecule has 1 saturated carbocycles. The largest absolute Gasteiger partial charge is 0.380 e. The summed E-state index contributed by atoms with van der Waals surface area (Å²) >= 11 is 0. The molecular weight excluding hydrogens is 352 g/mol. The van der Waals surface area contributed by atoms with Crippen molar-refractivity contribution in [3.8, 4) is 0 Å². The molecule has 1 aromatic carbocycles. The first-order valence-corrected chi connectivity index (χ1v) is 10.6. The molecule has 1 aliphatic heterocycles. The van der Waals surface area contributed by atoms with Crippen molar-refractivity contribution in [2.24, 2.45) is 4.99 Å². The third kappa shape index (κ3) is 5.69. The van der Waals surface area contributed by atoms with E-state index in [1.165, 1.54) is 43.2 Å². The van der Waals surface area contributed by atoms with Gasteiger partial charge in [-0.25, -0.2) is 0 Å². The van der Waals surface area contributed by atoms with Gasteiger partial charge in [-0.15, -0.1) is 0 Å². The van der Waals surface area contributed by atoms with Crippen molar-refractivity contribution >= 4 is 5.96 Å². The number of ether oxygens (including phenoxy) is 2. The van der Waals surface area contributed by atoms with Crippen LogP contribution >= 0.6 is 0 Å². The Balaban J connectivity index is 1.54. The highest BCUT2D eigenvalue weighted by Crippen LogP contribution is 2.33. The van der Waals surface area contributed by atoms with Crippen LogP contribution in [0, 0.1) is 0 Å². The normalized spacial score (nSPS) is 20.7.